The van der Waals surface area contributed by atoms with Gasteiger partial charge in [0.1, 0.15) is 0 Å². The van der Waals surface area contributed by atoms with E-state index in [1.807, 2.05) is 0 Å². The van der Waals surface area contributed by atoms with Gasteiger partial charge in [-0.05, 0) is 77.2 Å². The first-order chi connectivity index (χ1) is 22.3. The van der Waals surface area contributed by atoms with Crippen molar-refractivity contribution in [3.63, 3.8) is 0 Å². The zero-order chi connectivity index (χ0) is 29.7. The smallest absolute Gasteiger partial charge is 0.0541 e. The molecule has 0 aliphatic carbocycles. The summed E-state index contributed by atoms with van der Waals surface area (Å²) in [5.41, 5.74) is 12.4. The Morgan fingerprint density at radius 1 is 0.289 bits per heavy atom. The first-order valence-corrected chi connectivity index (χ1v) is 15.6. The Balaban J connectivity index is 0.966. The maximum atomic E-state index is 2.37. The molecule has 0 spiro atoms. The Morgan fingerprint density at radius 3 is 0.956 bits per heavy atom. The van der Waals surface area contributed by atoms with E-state index in [0.29, 0.717) is 0 Å². The van der Waals surface area contributed by atoms with E-state index in [4.69, 9.17) is 0 Å². The predicted molar refractivity (Wildman–Crippen MR) is 190 cm³/mol. The maximum absolute atomic E-state index is 2.37. The van der Waals surface area contributed by atoms with E-state index in [1.54, 1.807) is 0 Å². The van der Waals surface area contributed by atoms with E-state index in [2.05, 4.69) is 179 Å². The van der Waals surface area contributed by atoms with Crippen LogP contribution in [0.4, 0.5) is 0 Å². The molecule has 2 heteroatoms. The second-order valence-corrected chi connectivity index (χ2v) is 11.8. The van der Waals surface area contributed by atoms with Gasteiger partial charge in [-0.1, -0.05) is 121 Å². The average molecular weight is 575 g/mol. The molecule has 0 N–H and O–H groups in total. The molecule has 0 aliphatic heterocycles. The van der Waals surface area contributed by atoms with Crippen LogP contribution in [0, 0.1) is 0 Å². The standard InChI is InChI=1S/C43H30N2/c1-5-13-40-36(9-1)37-10-2-6-14-41(37)44(40)34-25-19-31(20-26-34)29-30-17-21-32(22-18-30)33-23-27-35(28-24-33)45-42-15-7-3-11-38(42)39-12-4-8-16-43(39)45/h1-28H,29H2. The van der Waals surface area contributed by atoms with Gasteiger partial charge in [0.15, 0.2) is 0 Å². The summed E-state index contributed by atoms with van der Waals surface area (Å²) in [5.74, 6) is 0. The molecule has 0 fully saturated rings. The van der Waals surface area contributed by atoms with Gasteiger partial charge in [-0.3, -0.25) is 0 Å². The molecule has 212 valence electrons. The summed E-state index contributed by atoms with van der Waals surface area (Å²) in [4.78, 5) is 0. The molecular weight excluding hydrogens is 544 g/mol. The van der Waals surface area contributed by atoms with E-state index in [-0.39, 0.29) is 0 Å². The van der Waals surface area contributed by atoms with Gasteiger partial charge in [-0.2, -0.15) is 0 Å². The number of para-hydroxylation sites is 4. The van der Waals surface area contributed by atoms with Crippen LogP contribution in [0.3, 0.4) is 0 Å². The third-order valence-corrected chi connectivity index (χ3v) is 9.18. The van der Waals surface area contributed by atoms with Gasteiger partial charge in [0.05, 0.1) is 22.1 Å². The van der Waals surface area contributed by atoms with Crippen LogP contribution >= 0.6 is 0 Å². The van der Waals surface area contributed by atoms with Gasteiger partial charge in [-0.25, -0.2) is 0 Å². The Labute approximate surface area is 262 Å². The van der Waals surface area contributed by atoms with E-state index in [0.717, 1.165) is 6.42 Å². The highest BCUT2D eigenvalue weighted by molar-refractivity contribution is 6.10. The van der Waals surface area contributed by atoms with Crippen LogP contribution in [0.15, 0.2) is 170 Å². The van der Waals surface area contributed by atoms with Crippen LogP contribution in [0.25, 0.3) is 66.1 Å². The minimum Gasteiger partial charge on any atom is -0.309 e. The van der Waals surface area contributed by atoms with Crippen LogP contribution in [-0.2, 0) is 6.42 Å². The van der Waals surface area contributed by atoms with Crippen LogP contribution in [0.5, 0.6) is 0 Å². The maximum Gasteiger partial charge on any atom is 0.0541 e. The lowest BCUT2D eigenvalue weighted by Crippen LogP contribution is -1.95. The SMILES string of the molecule is c1ccc2c(c1)c1ccccc1n2-c1ccc(Cc2ccc(-c3ccc(-n4c5ccccc5c5ccccc54)cc3)cc2)cc1. The summed E-state index contributed by atoms with van der Waals surface area (Å²) in [5, 5.41) is 5.15. The van der Waals surface area contributed by atoms with Gasteiger partial charge in [-0.15, -0.1) is 0 Å². The molecule has 0 atom stereocenters. The molecule has 2 heterocycles. The highest BCUT2D eigenvalue weighted by Gasteiger charge is 2.13. The summed E-state index contributed by atoms with van der Waals surface area (Å²) in [6, 6.07) is 61.6. The summed E-state index contributed by atoms with van der Waals surface area (Å²) in [6.07, 6.45) is 0.903. The van der Waals surface area contributed by atoms with Crippen molar-refractivity contribution in [1.29, 1.82) is 0 Å². The first-order valence-electron chi connectivity index (χ1n) is 15.6. The third-order valence-electron chi connectivity index (χ3n) is 9.18. The average Bonchev–Trinajstić information content (AvgIpc) is 3.62. The summed E-state index contributed by atoms with van der Waals surface area (Å²) in [7, 11) is 0. The normalized spacial score (nSPS) is 11.6. The number of benzene rings is 7. The van der Waals surface area contributed by atoms with Gasteiger partial charge < -0.3 is 9.13 Å². The molecule has 2 nitrogen and oxygen atoms in total. The number of fused-ring (bicyclic) bond motifs is 6. The highest BCUT2D eigenvalue weighted by atomic mass is 15.0. The van der Waals surface area contributed by atoms with Crippen LogP contribution in [0.1, 0.15) is 11.1 Å². The van der Waals surface area contributed by atoms with Gasteiger partial charge >= 0.3 is 0 Å². The van der Waals surface area contributed by atoms with Crippen molar-refractivity contribution < 1.29 is 0 Å². The second kappa shape index (κ2) is 10.4. The molecule has 9 aromatic rings. The van der Waals surface area contributed by atoms with Crippen molar-refractivity contribution in [2.24, 2.45) is 0 Å². The fourth-order valence-electron chi connectivity index (χ4n) is 7.02. The lowest BCUT2D eigenvalue weighted by atomic mass is 10.00. The number of hydrogen-bond acceptors (Lipinski definition) is 0. The molecular formula is C43H30N2. The highest BCUT2D eigenvalue weighted by Crippen LogP contribution is 2.34. The van der Waals surface area contributed by atoms with Crippen molar-refractivity contribution in [3.05, 3.63) is 181 Å². The summed E-state index contributed by atoms with van der Waals surface area (Å²) in [6.45, 7) is 0. The zero-order valence-electron chi connectivity index (χ0n) is 24.8. The van der Waals surface area contributed by atoms with E-state index >= 15 is 0 Å². The minimum absolute atomic E-state index is 0.903. The van der Waals surface area contributed by atoms with E-state index in [1.165, 1.54) is 77.2 Å². The Morgan fingerprint density at radius 2 is 0.578 bits per heavy atom. The molecule has 0 saturated carbocycles. The summed E-state index contributed by atoms with van der Waals surface area (Å²) < 4.78 is 4.74. The number of nitrogens with zero attached hydrogens (tertiary/aromatic N) is 2. The third kappa shape index (κ3) is 4.26. The van der Waals surface area contributed by atoms with Crippen molar-refractivity contribution in [1.82, 2.24) is 9.13 Å². The van der Waals surface area contributed by atoms with Crippen LogP contribution in [-0.4, -0.2) is 9.13 Å². The lowest BCUT2D eigenvalue weighted by Gasteiger charge is -2.11. The van der Waals surface area contributed by atoms with Crippen LogP contribution < -0.4 is 0 Å². The number of hydrogen-bond donors (Lipinski definition) is 0. The van der Waals surface area contributed by atoms with Crippen molar-refractivity contribution >= 4 is 43.6 Å². The Bertz CT molecular complexity index is 2370. The molecule has 0 bridgehead atoms. The molecule has 2 aromatic heterocycles. The van der Waals surface area contributed by atoms with E-state index < -0.39 is 0 Å². The van der Waals surface area contributed by atoms with Crippen molar-refractivity contribution in [2.75, 3.05) is 0 Å². The van der Waals surface area contributed by atoms with Gasteiger partial charge in [0, 0.05) is 32.9 Å². The fraction of sp³-hybridized carbons (Fsp3) is 0.0233. The van der Waals surface area contributed by atoms with Gasteiger partial charge in [0.2, 0.25) is 0 Å². The first kappa shape index (κ1) is 25.6. The topological polar surface area (TPSA) is 9.86 Å². The molecule has 0 radical (unpaired) electrons. The molecule has 0 saturated heterocycles. The quantitative estimate of drug-likeness (QED) is 0.193. The number of aromatic nitrogens is 2. The molecule has 9 rings (SSSR count). The molecule has 0 aliphatic rings. The molecule has 45 heavy (non-hydrogen) atoms. The Hall–Kier alpha value is -5.86. The van der Waals surface area contributed by atoms with Gasteiger partial charge in [0.25, 0.3) is 0 Å². The predicted octanol–water partition coefficient (Wildman–Crippen LogP) is 11.1. The largest absolute Gasteiger partial charge is 0.309 e. The van der Waals surface area contributed by atoms with Crippen molar-refractivity contribution in [3.8, 4) is 22.5 Å². The van der Waals surface area contributed by atoms with Crippen LogP contribution in [0.2, 0.25) is 0 Å². The second-order valence-electron chi connectivity index (χ2n) is 11.8. The molecule has 7 aromatic carbocycles. The van der Waals surface area contributed by atoms with Crippen molar-refractivity contribution in [2.45, 2.75) is 6.42 Å². The minimum atomic E-state index is 0.903. The molecule has 0 unspecified atom stereocenters. The number of rotatable bonds is 5. The summed E-state index contributed by atoms with van der Waals surface area (Å²) >= 11 is 0. The fourth-order valence-corrected chi connectivity index (χ4v) is 7.02. The van der Waals surface area contributed by atoms with E-state index in [9.17, 15) is 0 Å². The Kier molecular flexibility index (Phi) is 5.92. The zero-order valence-corrected chi connectivity index (χ0v) is 24.8. The monoisotopic (exact) mass is 574 g/mol. The molecule has 0 amide bonds. The lowest BCUT2D eigenvalue weighted by molar-refractivity contribution is 1.15.